The average molecular weight is 257 g/mol. The smallest absolute Gasteiger partial charge is 0.258 e. The number of nitrogens with zero attached hydrogens (tertiary/aromatic N) is 2. The number of aryl methyl sites for hydroxylation is 2. The molecule has 0 aliphatic carbocycles. The predicted molar refractivity (Wildman–Crippen MR) is 74.1 cm³/mol. The van der Waals surface area contributed by atoms with Crippen molar-refractivity contribution < 1.29 is 4.52 Å². The maximum absolute atomic E-state index is 5.45. The Bertz CT molecular complexity index is 571. The molecule has 100 valence electrons. The highest BCUT2D eigenvalue weighted by Gasteiger charge is 2.21. The topological polar surface area (TPSA) is 51.0 Å². The van der Waals surface area contributed by atoms with Crippen LogP contribution in [0.5, 0.6) is 0 Å². The van der Waals surface area contributed by atoms with E-state index in [2.05, 4.69) is 47.5 Å². The fourth-order valence-electron chi connectivity index (χ4n) is 2.55. The molecule has 0 spiro atoms. The van der Waals surface area contributed by atoms with Gasteiger partial charge < -0.3 is 9.84 Å². The van der Waals surface area contributed by atoms with E-state index in [0.717, 1.165) is 30.9 Å². The molecule has 2 heterocycles. The largest absolute Gasteiger partial charge is 0.334 e. The summed E-state index contributed by atoms with van der Waals surface area (Å²) in [7, 11) is 0. The van der Waals surface area contributed by atoms with Gasteiger partial charge in [-0.2, -0.15) is 4.98 Å². The Kier molecular flexibility index (Phi) is 3.34. The van der Waals surface area contributed by atoms with Crippen LogP contribution >= 0.6 is 0 Å². The van der Waals surface area contributed by atoms with Gasteiger partial charge in [0.15, 0.2) is 5.82 Å². The maximum atomic E-state index is 5.45. The zero-order chi connectivity index (χ0) is 13.2. The summed E-state index contributed by atoms with van der Waals surface area (Å²) in [6, 6.07) is 6.30. The van der Waals surface area contributed by atoms with Crippen molar-refractivity contribution in [1.29, 1.82) is 0 Å². The summed E-state index contributed by atoms with van der Waals surface area (Å²) < 4.78 is 5.45. The quantitative estimate of drug-likeness (QED) is 0.898. The Morgan fingerprint density at radius 3 is 3.00 bits per heavy atom. The molecule has 0 bridgehead atoms. The van der Waals surface area contributed by atoms with E-state index in [0.29, 0.717) is 11.8 Å². The molecule has 1 N–H and O–H groups in total. The molecule has 1 atom stereocenters. The van der Waals surface area contributed by atoms with Gasteiger partial charge >= 0.3 is 0 Å². The lowest BCUT2D eigenvalue weighted by atomic mass is 9.99. The Morgan fingerprint density at radius 1 is 1.32 bits per heavy atom. The molecule has 1 aromatic carbocycles. The summed E-state index contributed by atoms with van der Waals surface area (Å²) in [5.41, 5.74) is 3.42. The minimum absolute atomic E-state index is 0.386. The summed E-state index contributed by atoms with van der Waals surface area (Å²) in [6.45, 7) is 6.19. The molecule has 4 nitrogen and oxygen atoms in total. The molecule has 0 amide bonds. The molecule has 1 aliphatic heterocycles. The van der Waals surface area contributed by atoms with Gasteiger partial charge in [0.25, 0.3) is 5.89 Å². The van der Waals surface area contributed by atoms with E-state index in [1.165, 1.54) is 17.5 Å². The Labute approximate surface area is 113 Å². The third-order valence-electron chi connectivity index (χ3n) is 3.73. The van der Waals surface area contributed by atoms with Crippen molar-refractivity contribution in [2.75, 3.05) is 13.1 Å². The number of rotatable bonds is 2. The van der Waals surface area contributed by atoms with E-state index in [1.807, 2.05) is 0 Å². The van der Waals surface area contributed by atoms with Gasteiger partial charge in [0, 0.05) is 18.0 Å². The highest BCUT2D eigenvalue weighted by atomic mass is 16.5. The first-order valence-electron chi connectivity index (χ1n) is 6.86. The van der Waals surface area contributed by atoms with Crippen LogP contribution in [-0.4, -0.2) is 23.2 Å². The number of hydrogen-bond acceptors (Lipinski definition) is 4. The van der Waals surface area contributed by atoms with Gasteiger partial charge in [-0.15, -0.1) is 0 Å². The normalized spacial score (nSPS) is 19.6. The first-order valence-corrected chi connectivity index (χ1v) is 6.86. The highest BCUT2D eigenvalue weighted by molar-refractivity contribution is 5.59. The third kappa shape index (κ3) is 2.54. The van der Waals surface area contributed by atoms with Crippen LogP contribution in [0.1, 0.15) is 35.7 Å². The van der Waals surface area contributed by atoms with Crippen LogP contribution in [-0.2, 0) is 0 Å². The van der Waals surface area contributed by atoms with Gasteiger partial charge in [0.1, 0.15) is 0 Å². The molecule has 1 unspecified atom stereocenters. The van der Waals surface area contributed by atoms with Crippen LogP contribution in [0.3, 0.4) is 0 Å². The molecule has 1 aliphatic rings. The van der Waals surface area contributed by atoms with E-state index < -0.39 is 0 Å². The molecule has 0 radical (unpaired) electrons. The summed E-state index contributed by atoms with van der Waals surface area (Å²) in [5, 5.41) is 7.54. The third-order valence-corrected chi connectivity index (χ3v) is 3.73. The second-order valence-electron chi connectivity index (χ2n) is 5.32. The number of benzene rings is 1. The van der Waals surface area contributed by atoms with Crippen LogP contribution in [0.25, 0.3) is 11.5 Å². The average Bonchev–Trinajstić information content (AvgIpc) is 2.92. The standard InChI is InChI=1S/C15H19N3O/c1-10-5-6-11(2)13(8-10)15-17-14(18-19-15)12-4-3-7-16-9-12/h5-6,8,12,16H,3-4,7,9H2,1-2H3. The molecule has 1 aromatic heterocycles. The summed E-state index contributed by atoms with van der Waals surface area (Å²) in [5.74, 6) is 1.86. The van der Waals surface area contributed by atoms with Gasteiger partial charge in [-0.25, -0.2) is 0 Å². The molecule has 0 saturated carbocycles. The molecule has 1 saturated heterocycles. The molecular formula is C15H19N3O. The molecule has 4 heteroatoms. The number of aromatic nitrogens is 2. The maximum Gasteiger partial charge on any atom is 0.258 e. The first-order chi connectivity index (χ1) is 9.24. The zero-order valence-electron chi connectivity index (χ0n) is 11.4. The minimum atomic E-state index is 0.386. The van der Waals surface area contributed by atoms with Gasteiger partial charge in [-0.05, 0) is 44.9 Å². The van der Waals surface area contributed by atoms with Gasteiger partial charge in [0.05, 0.1) is 0 Å². The van der Waals surface area contributed by atoms with Crippen molar-refractivity contribution in [1.82, 2.24) is 15.5 Å². The van der Waals surface area contributed by atoms with Crippen molar-refractivity contribution in [2.45, 2.75) is 32.6 Å². The van der Waals surface area contributed by atoms with Crippen molar-refractivity contribution in [3.05, 3.63) is 35.2 Å². The molecule has 1 fully saturated rings. The number of nitrogens with one attached hydrogen (secondary N) is 1. The van der Waals surface area contributed by atoms with Crippen LogP contribution in [0.4, 0.5) is 0 Å². The van der Waals surface area contributed by atoms with Gasteiger partial charge in [0.2, 0.25) is 0 Å². The lowest BCUT2D eigenvalue weighted by Crippen LogP contribution is -2.28. The van der Waals surface area contributed by atoms with Crippen molar-refractivity contribution in [3.8, 4) is 11.5 Å². The fraction of sp³-hybridized carbons (Fsp3) is 0.467. The Hall–Kier alpha value is -1.68. The van der Waals surface area contributed by atoms with E-state index in [1.54, 1.807) is 0 Å². The van der Waals surface area contributed by atoms with E-state index >= 15 is 0 Å². The number of hydrogen-bond donors (Lipinski definition) is 1. The SMILES string of the molecule is Cc1ccc(C)c(-c2nc(C3CCCNC3)no2)c1. The fourth-order valence-corrected chi connectivity index (χ4v) is 2.55. The second kappa shape index (κ2) is 5.13. The highest BCUT2D eigenvalue weighted by Crippen LogP contribution is 2.26. The lowest BCUT2D eigenvalue weighted by Gasteiger charge is -2.19. The summed E-state index contributed by atoms with van der Waals surface area (Å²) in [4.78, 5) is 4.59. The molecular weight excluding hydrogens is 238 g/mol. The first kappa shape index (κ1) is 12.4. The van der Waals surface area contributed by atoms with Crippen molar-refractivity contribution in [3.63, 3.8) is 0 Å². The van der Waals surface area contributed by atoms with Crippen LogP contribution in [0.15, 0.2) is 22.7 Å². The molecule has 3 rings (SSSR count). The summed E-state index contributed by atoms with van der Waals surface area (Å²) >= 11 is 0. The van der Waals surface area contributed by atoms with Crippen LogP contribution < -0.4 is 5.32 Å². The monoisotopic (exact) mass is 257 g/mol. The van der Waals surface area contributed by atoms with Gasteiger partial charge in [-0.1, -0.05) is 22.9 Å². The van der Waals surface area contributed by atoms with Crippen molar-refractivity contribution >= 4 is 0 Å². The van der Waals surface area contributed by atoms with E-state index in [4.69, 9.17) is 4.52 Å². The molecule has 19 heavy (non-hydrogen) atoms. The molecule has 2 aromatic rings. The number of piperidine rings is 1. The summed E-state index contributed by atoms with van der Waals surface area (Å²) in [6.07, 6.45) is 2.32. The second-order valence-corrected chi connectivity index (χ2v) is 5.32. The lowest BCUT2D eigenvalue weighted by molar-refractivity contribution is 0.393. The predicted octanol–water partition coefficient (Wildman–Crippen LogP) is 2.82. The van der Waals surface area contributed by atoms with Crippen LogP contribution in [0.2, 0.25) is 0 Å². The van der Waals surface area contributed by atoms with E-state index in [9.17, 15) is 0 Å². The Balaban J connectivity index is 1.89. The Morgan fingerprint density at radius 2 is 2.21 bits per heavy atom. The van der Waals surface area contributed by atoms with Crippen LogP contribution in [0, 0.1) is 13.8 Å². The van der Waals surface area contributed by atoms with E-state index in [-0.39, 0.29) is 0 Å². The minimum Gasteiger partial charge on any atom is -0.334 e. The van der Waals surface area contributed by atoms with Crippen molar-refractivity contribution in [2.24, 2.45) is 0 Å². The zero-order valence-corrected chi connectivity index (χ0v) is 11.4. The van der Waals surface area contributed by atoms with Gasteiger partial charge in [-0.3, -0.25) is 0 Å².